The van der Waals surface area contributed by atoms with Gasteiger partial charge in [-0.25, -0.2) is 8.42 Å². The number of hydrogen-bond acceptors (Lipinski definition) is 5. The normalized spacial score (nSPS) is 17.3. The Kier molecular flexibility index (Phi) is 4.69. The highest BCUT2D eigenvalue weighted by Crippen LogP contribution is 2.34. The second-order valence-electron chi connectivity index (χ2n) is 4.86. The van der Waals surface area contributed by atoms with Crippen molar-refractivity contribution in [1.29, 1.82) is 0 Å². The van der Waals surface area contributed by atoms with Crippen molar-refractivity contribution in [3.05, 3.63) is 33.3 Å². The molecule has 0 amide bonds. The Hall–Kier alpha value is -1.71. The Balaban J connectivity index is 2.37. The van der Waals surface area contributed by atoms with E-state index in [4.69, 9.17) is 16.7 Å². The third-order valence-electron chi connectivity index (χ3n) is 3.54. The molecule has 22 heavy (non-hydrogen) atoms. The van der Waals surface area contributed by atoms with Gasteiger partial charge in [-0.3, -0.25) is 14.9 Å². The Morgan fingerprint density at radius 2 is 1.95 bits per heavy atom. The molecule has 0 radical (unpaired) electrons. The summed E-state index contributed by atoms with van der Waals surface area (Å²) in [6, 6.07) is 3.64. The fourth-order valence-electron chi connectivity index (χ4n) is 2.37. The average Bonchev–Trinajstić information content (AvgIpc) is 2.46. The Labute approximate surface area is 131 Å². The highest BCUT2D eigenvalue weighted by molar-refractivity contribution is 7.89. The van der Waals surface area contributed by atoms with Gasteiger partial charge < -0.3 is 5.11 Å². The van der Waals surface area contributed by atoms with Crippen molar-refractivity contribution in [2.24, 2.45) is 5.92 Å². The fourth-order valence-corrected chi connectivity index (χ4v) is 4.50. The molecule has 0 unspecified atom stereocenters. The van der Waals surface area contributed by atoms with E-state index in [2.05, 4.69) is 0 Å². The SMILES string of the molecule is O=C(O)C1CCN(S(=O)(=O)c2c(Cl)cccc2[N+](=O)[O-])CC1. The molecular formula is C12H13ClN2O6S. The third-order valence-corrected chi connectivity index (χ3v) is 5.96. The first kappa shape index (κ1) is 16.7. The summed E-state index contributed by atoms with van der Waals surface area (Å²) in [5.74, 6) is -1.58. The third kappa shape index (κ3) is 3.06. The summed E-state index contributed by atoms with van der Waals surface area (Å²) >= 11 is 5.85. The zero-order valence-corrected chi connectivity index (χ0v) is 12.9. The molecule has 1 fully saturated rings. The van der Waals surface area contributed by atoms with E-state index in [0.717, 1.165) is 10.4 Å². The average molecular weight is 349 g/mol. The minimum atomic E-state index is -4.15. The number of carboxylic acids is 1. The summed E-state index contributed by atoms with van der Waals surface area (Å²) in [5.41, 5.74) is -0.590. The van der Waals surface area contributed by atoms with Gasteiger partial charge in [0.05, 0.1) is 15.9 Å². The first-order valence-corrected chi connectivity index (χ1v) is 8.23. The fraction of sp³-hybridized carbons (Fsp3) is 0.417. The van der Waals surface area contributed by atoms with Gasteiger partial charge in [0.25, 0.3) is 15.7 Å². The molecule has 0 bridgehead atoms. The topological polar surface area (TPSA) is 118 Å². The summed E-state index contributed by atoms with van der Waals surface area (Å²) in [5, 5.41) is 19.7. The van der Waals surface area contributed by atoms with Crippen LogP contribution in [0.3, 0.4) is 0 Å². The maximum atomic E-state index is 12.6. The first-order valence-electron chi connectivity index (χ1n) is 6.41. The van der Waals surface area contributed by atoms with Crippen LogP contribution in [0.2, 0.25) is 5.02 Å². The lowest BCUT2D eigenvalue weighted by Gasteiger charge is -2.29. The van der Waals surface area contributed by atoms with Crippen molar-refractivity contribution in [3.8, 4) is 0 Å². The Morgan fingerprint density at radius 3 is 2.45 bits per heavy atom. The molecule has 0 spiro atoms. The van der Waals surface area contributed by atoms with E-state index in [-0.39, 0.29) is 31.0 Å². The highest BCUT2D eigenvalue weighted by atomic mass is 35.5. The number of carboxylic acid groups (broad SMARTS) is 1. The number of benzene rings is 1. The number of nitro groups is 1. The lowest BCUT2D eigenvalue weighted by atomic mass is 9.99. The number of aliphatic carboxylic acids is 1. The van der Waals surface area contributed by atoms with Crippen LogP contribution in [0.4, 0.5) is 5.69 Å². The van der Waals surface area contributed by atoms with Crippen LogP contribution >= 0.6 is 11.6 Å². The predicted octanol–water partition coefficient (Wildman–Crippen LogP) is 1.73. The molecule has 1 N–H and O–H groups in total. The Morgan fingerprint density at radius 1 is 1.36 bits per heavy atom. The number of piperidine rings is 1. The van der Waals surface area contributed by atoms with Gasteiger partial charge in [-0.05, 0) is 18.9 Å². The van der Waals surface area contributed by atoms with Crippen LogP contribution in [0.1, 0.15) is 12.8 Å². The molecule has 1 heterocycles. The molecule has 1 saturated heterocycles. The highest BCUT2D eigenvalue weighted by Gasteiger charge is 2.37. The number of nitro benzene ring substituents is 1. The second kappa shape index (κ2) is 6.19. The number of hydrogen-bond donors (Lipinski definition) is 1. The summed E-state index contributed by atoms with van der Waals surface area (Å²) < 4.78 is 26.2. The smallest absolute Gasteiger partial charge is 0.306 e. The summed E-state index contributed by atoms with van der Waals surface area (Å²) in [6.07, 6.45) is 0.319. The largest absolute Gasteiger partial charge is 0.481 e. The van der Waals surface area contributed by atoms with Gasteiger partial charge in [-0.2, -0.15) is 4.31 Å². The second-order valence-corrected chi connectivity index (χ2v) is 7.14. The van der Waals surface area contributed by atoms with Crippen LogP contribution in [0.25, 0.3) is 0 Å². The van der Waals surface area contributed by atoms with Gasteiger partial charge in [0.15, 0.2) is 4.90 Å². The van der Waals surface area contributed by atoms with Crippen LogP contribution in [0.15, 0.2) is 23.1 Å². The number of nitrogens with zero attached hydrogens (tertiary/aromatic N) is 2. The van der Waals surface area contributed by atoms with Crippen molar-refractivity contribution in [2.45, 2.75) is 17.7 Å². The monoisotopic (exact) mass is 348 g/mol. The maximum Gasteiger partial charge on any atom is 0.306 e. The molecule has 1 aromatic rings. The molecule has 10 heteroatoms. The molecule has 1 aliphatic heterocycles. The number of rotatable bonds is 4. The van der Waals surface area contributed by atoms with E-state index in [1.165, 1.54) is 12.1 Å². The van der Waals surface area contributed by atoms with Crippen LogP contribution in [-0.4, -0.2) is 41.8 Å². The molecule has 120 valence electrons. The molecular weight excluding hydrogens is 336 g/mol. The molecule has 0 aromatic heterocycles. The van der Waals surface area contributed by atoms with Crippen LogP contribution in [-0.2, 0) is 14.8 Å². The molecule has 8 nitrogen and oxygen atoms in total. The van der Waals surface area contributed by atoms with Crippen molar-refractivity contribution in [1.82, 2.24) is 4.31 Å². The lowest BCUT2D eigenvalue weighted by molar-refractivity contribution is -0.387. The number of halogens is 1. The maximum absolute atomic E-state index is 12.6. The van der Waals surface area contributed by atoms with Crippen LogP contribution < -0.4 is 0 Å². The van der Waals surface area contributed by atoms with Gasteiger partial charge in [0, 0.05) is 19.2 Å². The zero-order valence-electron chi connectivity index (χ0n) is 11.3. The standard InChI is InChI=1S/C12H13ClN2O6S/c13-9-2-1-3-10(15(18)19)11(9)22(20,21)14-6-4-8(5-7-14)12(16)17/h1-3,8H,4-7H2,(H,16,17). The molecule has 0 aliphatic carbocycles. The lowest BCUT2D eigenvalue weighted by Crippen LogP contribution is -2.40. The van der Waals surface area contributed by atoms with Gasteiger partial charge in [0.1, 0.15) is 0 Å². The van der Waals surface area contributed by atoms with E-state index in [1.54, 1.807) is 0 Å². The van der Waals surface area contributed by atoms with Crippen molar-refractivity contribution in [2.75, 3.05) is 13.1 Å². The minimum Gasteiger partial charge on any atom is -0.481 e. The number of carbonyl (C=O) groups is 1. The van der Waals surface area contributed by atoms with Crippen molar-refractivity contribution >= 4 is 33.3 Å². The van der Waals surface area contributed by atoms with Crippen LogP contribution in [0.5, 0.6) is 0 Å². The molecule has 0 atom stereocenters. The zero-order chi connectivity index (χ0) is 16.5. The van der Waals surface area contributed by atoms with Gasteiger partial charge in [-0.15, -0.1) is 0 Å². The van der Waals surface area contributed by atoms with Gasteiger partial charge >= 0.3 is 5.97 Å². The minimum absolute atomic E-state index is 0.0122. The summed E-state index contributed by atoms with van der Waals surface area (Å²) in [6.45, 7) is -0.0244. The van der Waals surface area contributed by atoms with E-state index >= 15 is 0 Å². The summed E-state index contributed by atoms with van der Waals surface area (Å²) in [7, 11) is -4.15. The van der Waals surface area contributed by atoms with E-state index < -0.39 is 37.4 Å². The molecule has 2 rings (SSSR count). The van der Waals surface area contributed by atoms with Crippen LogP contribution in [0, 0.1) is 16.0 Å². The van der Waals surface area contributed by atoms with E-state index in [9.17, 15) is 23.3 Å². The van der Waals surface area contributed by atoms with Crippen molar-refractivity contribution in [3.63, 3.8) is 0 Å². The molecule has 1 aromatic carbocycles. The summed E-state index contributed by atoms with van der Waals surface area (Å²) in [4.78, 5) is 20.6. The molecule has 0 saturated carbocycles. The van der Waals surface area contributed by atoms with Gasteiger partial charge in [-0.1, -0.05) is 17.7 Å². The van der Waals surface area contributed by atoms with E-state index in [1.807, 2.05) is 0 Å². The first-order chi connectivity index (χ1) is 10.2. The van der Waals surface area contributed by atoms with Crippen molar-refractivity contribution < 1.29 is 23.2 Å². The quantitative estimate of drug-likeness (QED) is 0.654. The molecule has 1 aliphatic rings. The van der Waals surface area contributed by atoms with Gasteiger partial charge in [0.2, 0.25) is 0 Å². The van der Waals surface area contributed by atoms with E-state index in [0.29, 0.717) is 0 Å². The number of sulfonamides is 1. The Bertz CT molecular complexity index is 712. The predicted molar refractivity (Wildman–Crippen MR) is 77.2 cm³/mol.